The van der Waals surface area contributed by atoms with Gasteiger partial charge in [-0.1, -0.05) is 19.1 Å². The van der Waals surface area contributed by atoms with E-state index in [1.807, 2.05) is 25.5 Å². The van der Waals surface area contributed by atoms with E-state index in [1.165, 1.54) is 6.07 Å². The maximum absolute atomic E-state index is 13.7. The average molecular weight is 348 g/mol. The van der Waals surface area contributed by atoms with Crippen LogP contribution in [0.5, 0.6) is 5.75 Å². The van der Waals surface area contributed by atoms with Gasteiger partial charge in [0.25, 0.3) is 0 Å². The molecule has 1 heterocycles. The molecule has 0 amide bonds. The Morgan fingerprint density at radius 3 is 2.68 bits per heavy atom. The van der Waals surface area contributed by atoms with Gasteiger partial charge in [-0.05, 0) is 25.5 Å². The fourth-order valence-corrected chi connectivity index (χ4v) is 2.19. The maximum Gasteiger partial charge on any atom is 0.191 e. The van der Waals surface area contributed by atoms with Gasteiger partial charge in [-0.2, -0.15) is 0 Å². The molecule has 0 aliphatic rings. The number of hydrogen-bond acceptors (Lipinski definition) is 4. The molecular weight excluding hydrogens is 323 g/mol. The molecule has 0 spiro atoms. The number of rotatable bonds is 7. The van der Waals surface area contributed by atoms with Crippen LogP contribution in [-0.4, -0.2) is 40.4 Å². The first-order valence-corrected chi connectivity index (χ1v) is 8.25. The monoisotopic (exact) mass is 348 g/mol. The van der Waals surface area contributed by atoms with E-state index in [2.05, 4.69) is 25.8 Å². The molecule has 0 bridgehead atoms. The Hall–Kier alpha value is -2.64. The van der Waals surface area contributed by atoms with Crippen molar-refractivity contribution in [2.24, 2.45) is 12.0 Å². The van der Waals surface area contributed by atoms with Crippen LogP contribution >= 0.6 is 0 Å². The molecule has 1 unspecified atom stereocenters. The molecule has 0 fully saturated rings. The van der Waals surface area contributed by atoms with Gasteiger partial charge in [-0.15, -0.1) is 10.2 Å². The van der Waals surface area contributed by atoms with Gasteiger partial charge in [0, 0.05) is 14.1 Å². The molecule has 1 atom stereocenters. The van der Waals surface area contributed by atoms with Crippen LogP contribution < -0.4 is 15.4 Å². The van der Waals surface area contributed by atoms with Crippen LogP contribution in [-0.2, 0) is 13.6 Å². The number of guanidine groups is 1. The summed E-state index contributed by atoms with van der Waals surface area (Å²) in [7, 11) is 3.60. The number of aromatic nitrogens is 3. The van der Waals surface area contributed by atoms with Gasteiger partial charge in [0.1, 0.15) is 11.9 Å². The highest BCUT2D eigenvalue weighted by Gasteiger charge is 2.12. The van der Waals surface area contributed by atoms with Gasteiger partial charge >= 0.3 is 0 Å². The van der Waals surface area contributed by atoms with E-state index in [4.69, 9.17) is 4.74 Å². The van der Waals surface area contributed by atoms with Gasteiger partial charge in [0.2, 0.25) is 0 Å². The molecule has 1 aromatic carbocycles. The van der Waals surface area contributed by atoms with Crippen molar-refractivity contribution in [3.05, 3.63) is 41.7 Å². The first-order valence-electron chi connectivity index (χ1n) is 8.25. The molecule has 25 heavy (non-hydrogen) atoms. The smallest absolute Gasteiger partial charge is 0.191 e. The van der Waals surface area contributed by atoms with Crippen LogP contribution in [0.3, 0.4) is 0 Å². The number of nitrogens with zero attached hydrogens (tertiary/aromatic N) is 4. The number of aliphatic imine (C=N–C) groups is 1. The van der Waals surface area contributed by atoms with Crippen molar-refractivity contribution in [3.63, 3.8) is 0 Å². The third-order valence-electron chi connectivity index (χ3n) is 3.90. The summed E-state index contributed by atoms with van der Waals surface area (Å²) < 4.78 is 21.3. The summed E-state index contributed by atoms with van der Waals surface area (Å²) in [5, 5.41) is 14.5. The van der Waals surface area contributed by atoms with E-state index in [1.54, 1.807) is 25.2 Å². The first-order chi connectivity index (χ1) is 12.0. The standard InChI is InChI=1S/C17H25FN6O/c1-5-13(25-15-9-7-6-8-14(15)18)10-20-17(19-3)21-11-16-23-22-12(2)24(16)4/h6-9,13H,5,10-11H2,1-4H3,(H2,19,20,21). The van der Waals surface area contributed by atoms with E-state index in [-0.39, 0.29) is 17.7 Å². The van der Waals surface area contributed by atoms with E-state index < -0.39 is 0 Å². The quantitative estimate of drug-likeness (QED) is 0.589. The Morgan fingerprint density at radius 1 is 1.32 bits per heavy atom. The lowest BCUT2D eigenvalue weighted by atomic mass is 10.2. The molecular formula is C17H25FN6O. The molecule has 7 nitrogen and oxygen atoms in total. The molecule has 2 rings (SSSR count). The summed E-state index contributed by atoms with van der Waals surface area (Å²) in [5.41, 5.74) is 0. The molecule has 0 radical (unpaired) electrons. The van der Waals surface area contributed by atoms with E-state index in [9.17, 15) is 4.39 Å². The fraction of sp³-hybridized carbons (Fsp3) is 0.471. The molecule has 0 aliphatic heterocycles. The third-order valence-corrected chi connectivity index (χ3v) is 3.90. The summed E-state index contributed by atoms with van der Waals surface area (Å²) in [6, 6.07) is 6.41. The minimum absolute atomic E-state index is 0.174. The van der Waals surface area contributed by atoms with Crippen molar-refractivity contribution >= 4 is 5.96 Å². The van der Waals surface area contributed by atoms with Crippen LogP contribution in [0.1, 0.15) is 25.0 Å². The van der Waals surface area contributed by atoms with E-state index >= 15 is 0 Å². The highest BCUT2D eigenvalue weighted by atomic mass is 19.1. The molecule has 0 saturated carbocycles. The summed E-state index contributed by atoms with van der Waals surface area (Å²) in [4.78, 5) is 4.18. The second-order valence-corrected chi connectivity index (χ2v) is 5.61. The first kappa shape index (κ1) is 18.7. The second-order valence-electron chi connectivity index (χ2n) is 5.61. The van der Waals surface area contributed by atoms with Crippen molar-refractivity contribution in [1.82, 2.24) is 25.4 Å². The van der Waals surface area contributed by atoms with Crippen LogP contribution in [0.2, 0.25) is 0 Å². The number of halogens is 1. The molecule has 0 saturated heterocycles. The van der Waals surface area contributed by atoms with E-state index in [0.29, 0.717) is 19.0 Å². The van der Waals surface area contributed by atoms with Crippen molar-refractivity contribution in [2.75, 3.05) is 13.6 Å². The van der Waals surface area contributed by atoms with Crippen LogP contribution in [0.25, 0.3) is 0 Å². The van der Waals surface area contributed by atoms with Crippen LogP contribution in [0.4, 0.5) is 4.39 Å². The Morgan fingerprint density at radius 2 is 2.08 bits per heavy atom. The average Bonchev–Trinajstić information content (AvgIpc) is 2.94. The SMILES string of the molecule is CCC(CNC(=NC)NCc1nnc(C)n1C)Oc1ccccc1F. The fourth-order valence-electron chi connectivity index (χ4n) is 2.19. The van der Waals surface area contributed by atoms with Crippen molar-refractivity contribution in [1.29, 1.82) is 0 Å². The number of benzene rings is 1. The zero-order valence-corrected chi connectivity index (χ0v) is 15.1. The maximum atomic E-state index is 13.7. The lowest BCUT2D eigenvalue weighted by Crippen LogP contribution is -2.42. The minimum atomic E-state index is -0.360. The molecule has 1 aromatic heterocycles. The third kappa shape index (κ3) is 5.17. The summed E-state index contributed by atoms with van der Waals surface area (Å²) in [6.45, 7) is 4.89. The normalized spacial score (nSPS) is 12.8. The highest BCUT2D eigenvalue weighted by molar-refractivity contribution is 5.79. The topological polar surface area (TPSA) is 76.4 Å². The number of para-hydroxylation sites is 1. The minimum Gasteiger partial charge on any atom is -0.486 e. The highest BCUT2D eigenvalue weighted by Crippen LogP contribution is 2.17. The number of nitrogens with one attached hydrogen (secondary N) is 2. The van der Waals surface area contributed by atoms with Crippen molar-refractivity contribution in [3.8, 4) is 5.75 Å². The zero-order valence-electron chi connectivity index (χ0n) is 15.1. The predicted octanol–water partition coefficient (Wildman–Crippen LogP) is 1.79. The van der Waals surface area contributed by atoms with Crippen LogP contribution in [0.15, 0.2) is 29.3 Å². The number of aryl methyl sites for hydroxylation is 1. The van der Waals surface area contributed by atoms with Crippen molar-refractivity contribution in [2.45, 2.75) is 32.9 Å². The zero-order chi connectivity index (χ0) is 18.2. The van der Waals surface area contributed by atoms with Gasteiger partial charge in [-0.25, -0.2) is 4.39 Å². The van der Waals surface area contributed by atoms with E-state index in [0.717, 1.165) is 18.1 Å². The number of hydrogen-bond donors (Lipinski definition) is 2. The Labute approximate surface area is 147 Å². The molecule has 2 N–H and O–H groups in total. The van der Waals surface area contributed by atoms with Gasteiger partial charge in [0.15, 0.2) is 23.4 Å². The molecule has 8 heteroatoms. The lowest BCUT2D eigenvalue weighted by Gasteiger charge is -2.20. The van der Waals surface area contributed by atoms with Gasteiger partial charge in [0.05, 0.1) is 13.1 Å². The molecule has 0 aliphatic carbocycles. The van der Waals surface area contributed by atoms with Gasteiger partial charge in [-0.3, -0.25) is 4.99 Å². The Balaban J connectivity index is 1.86. The lowest BCUT2D eigenvalue weighted by molar-refractivity contribution is 0.191. The second kappa shape index (κ2) is 9.00. The predicted molar refractivity (Wildman–Crippen MR) is 95.0 cm³/mol. The molecule has 2 aromatic rings. The summed E-state index contributed by atoms with van der Waals surface area (Å²) in [5.74, 6) is 2.19. The number of ether oxygens (including phenoxy) is 1. The Bertz CT molecular complexity index is 715. The van der Waals surface area contributed by atoms with Gasteiger partial charge < -0.3 is 19.9 Å². The molecule has 136 valence electrons. The largest absolute Gasteiger partial charge is 0.486 e. The van der Waals surface area contributed by atoms with Crippen molar-refractivity contribution < 1.29 is 9.13 Å². The summed E-state index contributed by atoms with van der Waals surface area (Å²) >= 11 is 0. The summed E-state index contributed by atoms with van der Waals surface area (Å²) in [6.07, 6.45) is 0.563. The Kier molecular flexibility index (Phi) is 6.73. The van der Waals surface area contributed by atoms with Crippen LogP contribution in [0, 0.1) is 12.7 Å².